The monoisotopic (exact) mass is 274 g/mol. The SMILES string of the molecule is CCC(C)NS(=O)(=O)c1cc(F)ccc1C(N)=O. The van der Waals surface area contributed by atoms with Crippen LogP contribution < -0.4 is 10.5 Å². The second-order valence-corrected chi connectivity index (χ2v) is 5.62. The van der Waals surface area contributed by atoms with Gasteiger partial charge in [0.1, 0.15) is 5.82 Å². The third-order valence-corrected chi connectivity index (χ3v) is 4.10. The molecule has 1 atom stereocenters. The van der Waals surface area contributed by atoms with Gasteiger partial charge in [-0.25, -0.2) is 17.5 Å². The molecular formula is C11H15FN2O3S. The summed E-state index contributed by atoms with van der Waals surface area (Å²) in [6.45, 7) is 3.47. The average molecular weight is 274 g/mol. The Labute approximate surface area is 105 Å². The minimum Gasteiger partial charge on any atom is -0.366 e. The lowest BCUT2D eigenvalue weighted by Crippen LogP contribution is -2.33. The summed E-state index contributed by atoms with van der Waals surface area (Å²) < 4.78 is 39.4. The van der Waals surface area contributed by atoms with Gasteiger partial charge in [-0.15, -0.1) is 0 Å². The maximum atomic E-state index is 13.1. The van der Waals surface area contributed by atoms with E-state index >= 15 is 0 Å². The Morgan fingerprint density at radius 2 is 2.11 bits per heavy atom. The lowest BCUT2D eigenvalue weighted by molar-refractivity contribution is 0.0997. The topological polar surface area (TPSA) is 89.3 Å². The zero-order valence-corrected chi connectivity index (χ0v) is 10.9. The molecule has 0 spiro atoms. The summed E-state index contributed by atoms with van der Waals surface area (Å²) in [7, 11) is -3.96. The van der Waals surface area contributed by atoms with E-state index in [0.717, 1.165) is 18.2 Å². The van der Waals surface area contributed by atoms with Crippen LogP contribution in [0.4, 0.5) is 4.39 Å². The number of nitrogens with two attached hydrogens (primary N) is 1. The minimum absolute atomic E-state index is 0.229. The molecule has 5 nitrogen and oxygen atoms in total. The highest BCUT2D eigenvalue weighted by molar-refractivity contribution is 7.89. The smallest absolute Gasteiger partial charge is 0.250 e. The predicted octanol–water partition coefficient (Wildman–Crippen LogP) is 1.00. The van der Waals surface area contributed by atoms with Crippen LogP contribution >= 0.6 is 0 Å². The lowest BCUT2D eigenvalue weighted by Gasteiger charge is -2.13. The summed E-state index contributed by atoms with van der Waals surface area (Å²) in [5.41, 5.74) is 4.84. The number of hydrogen-bond acceptors (Lipinski definition) is 3. The number of halogens is 1. The van der Waals surface area contributed by atoms with Crippen LogP contribution in [0.1, 0.15) is 30.6 Å². The summed E-state index contributed by atoms with van der Waals surface area (Å²) in [4.78, 5) is 10.7. The van der Waals surface area contributed by atoms with Crippen LogP contribution in [0.25, 0.3) is 0 Å². The van der Waals surface area contributed by atoms with Gasteiger partial charge in [0.2, 0.25) is 15.9 Å². The van der Waals surface area contributed by atoms with Gasteiger partial charge in [0, 0.05) is 6.04 Å². The Bertz CT molecular complexity index is 557. The highest BCUT2D eigenvalue weighted by atomic mass is 32.2. The molecule has 3 N–H and O–H groups in total. The van der Waals surface area contributed by atoms with Crippen LogP contribution in [0.15, 0.2) is 23.1 Å². The van der Waals surface area contributed by atoms with Crippen LogP contribution in [-0.4, -0.2) is 20.4 Å². The van der Waals surface area contributed by atoms with E-state index in [0.29, 0.717) is 6.42 Å². The van der Waals surface area contributed by atoms with Crippen molar-refractivity contribution in [2.24, 2.45) is 5.73 Å². The fraction of sp³-hybridized carbons (Fsp3) is 0.364. The van der Waals surface area contributed by atoms with Gasteiger partial charge >= 0.3 is 0 Å². The average Bonchev–Trinajstić information content (AvgIpc) is 2.27. The predicted molar refractivity (Wildman–Crippen MR) is 65.0 cm³/mol. The molecule has 18 heavy (non-hydrogen) atoms. The van der Waals surface area contributed by atoms with Crippen molar-refractivity contribution in [1.29, 1.82) is 0 Å². The van der Waals surface area contributed by atoms with Crippen molar-refractivity contribution in [3.8, 4) is 0 Å². The van der Waals surface area contributed by atoms with Crippen molar-refractivity contribution in [2.45, 2.75) is 31.2 Å². The Morgan fingerprint density at radius 1 is 1.50 bits per heavy atom. The van der Waals surface area contributed by atoms with E-state index in [4.69, 9.17) is 5.73 Å². The van der Waals surface area contributed by atoms with E-state index in [1.54, 1.807) is 13.8 Å². The van der Waals surface area contributed by atoms with Crippen molar-refractivity contribution in [3.63, 3.8) is 0 Å². The first kappa shape index (κ1) is 14.6. The van der Waals surface area contributed by atoms with Gasteiger partial charge in [-0.05, 0) is 31.5 Å². The van der Waals surface area contributed by atoms with Crippen molar-refractivity contribution >= 4 is 15.9 Å². The number of hydrogen-bond donors (Lipinski definition) is 2. The van der Waals surface area contributed by atoms with Crippen molar-refractivity contribution in [3.05, 3.63) is 29.6 Å². The molecule has 7 heteroatoms. The van der Waals surface area contributed by atoms with Crippen molar-refractivity contribution in [2.75, 3.05) is 0 Å². The summed E-state index contributed by atoms with van der Waals surface area (Å²) >= 11 is 0. The second-order valence-electron chi connectivity index (χ2n) is 3.94. The molecule has 1 aromatic rings. The Balaban J connectivity index is 3.30. The van der Waals surface area contributed by atoms with E-state index in [1.165, 1.54) is 0 Å². The largest absolute Gasteiger partial charge is 0.366 e. The molecule has 100 valence electrons. The molecule has 1 aromatic carbocycles. The fourth-order valence-corrected chi connectivity index (χ4v) is 2.88. The third-order valence-electron chi connectivity index (χ3n) is 2.47. The number of nitrogens with one attached hydrogen (secondary N) is 1. The van der Waals surface area contributed by atoms with Crippen LogP contribution in [-0.2, 0) is 10.0 Å². The van der Waals surface area contributed by atoms with Gasteiger partial charge in [0.15, 0.2) is 0 Å². The molecule has 0 aliphatic rings. The van der Waals surface area contributed by atoms with Crippen LogP contribution in [0, 0.1) is 5.82 Å². The van der Waals surface area contributed by atoms with Gasteiger partial charge in [0.25, 0.3) is 0 Å². The third kappa shape index (κ3) is 3.27. The van der Waals surface area contributed by atoms with Crippen LogP contribution in [0.3, 0.4) is 0 Å². The molecule has 0 saturated heterocycles. The molecule has 0 radical (unpaired) electrons. The van der Waals surface area contributed by atoms with Crippen molar-refractivity contribution in [1.82, 2.24) is 4.72 Å². The fourth-order valence-electron chi connectivity index (χ4n) is 1.33. The summed E-state index contributed by atoms with van der Waals surface area (Å²) in [5.74, 6) is -1.66. The summed E-state index contributed by atoms with van der Waals surface area (Å²) in [6, 6.07) is 2.51. The van der Waals surface area contributed by atoms with Gasteiger partial charge in [-0.2, -0.15) is 0 Å². The molecule has 0 aliphatic heterocycles. The van der Waals surface area contributed by atoms with E-state index in [2.05, 4.69) is 4.72 Å². The van der Waals surface area contributed by atoms with Gasteiger partial charge < -0.3 is 5.73 Å². The number of sulfonamides is 1. The maximum Gasteiger partial charge on any atom is 0.250 e. The first-order valence-corrected chi connectivity index (χ1v) is 6.88. The number of benzene rings is 1. The molecule has 1 amide bonds. The highest BCUT2D eigenvalue weighted by Crippen LogP contribution is 2.17. The number of amides is 1. The zero-order valence-electron chi connectivity index (χ0n) is 10.1. The highest BCUT2D eigenvalue weighted by Gasteiger charge is 2.23. The quantitative estimate of drug-likeness (QED) is 0.839. The minimum atomic E-state index is -3.96. The van der Waals surface area contributed by atoms with Crippen molar-refractivity contribution < 1.29 is 17.6 Å². The van der Waals surface area contributed by atoms with E-state index < -0.39 is 26.6 Å². The summed E-state index contributed by atoms with van der Waals surface area (Å²) in [6.07, 6.45) is 0.570. The normalized spacial score (nSPS) is 13.3. The number of carbonyl (C=O) groups is 1. The number of carbonyl (C=O) groups excluding carboxylic acids is 1. The maximum absolute atomic E-state index is 13.1. The van der Waals surface area contributed by atoms with Gasteiger partial charge in [-0.3, -0.25) is 4.79 Å². The molecule has 0 bridgehead atoms. The van der Waals surface area contributed by atoms with Gasteiger partial charge in [-0.1, -0.05) is 6.92 Å². The zero-order chi connectivity index (χ0) is 13.9. The first-order chi connectivity index (χ1) is 8.27. The Morgan fingerprint density at radius 3 is 2.61 bits per heavy atom. The molecular weight excluding hydrogens is 259 g/mol. The van der Waals surface area contributed by atoms with Gasteiger partial charge in [0.05, 0.1) is 10.5 Å². The lowest BCUT2D eigenvalue weighted by atomic mass is 10.2. The molecule has 0 fully saturated rings. The molecule has 0 aromatic heterocycles. The van der Waals surface area contributed by atoms with Crippen LogP contribution in [0.5, 0.6) is 0 Å². The summed E-state index contributed by atoms with van der Waals surface area (Å²) in [5, 5.41) is 0. The molecule has 0 aliphatic carbocycles. The Kier molecular flexibility index (Phi) is 4.42. The standard InChI is InChI=1S/C11H15FN2O3S/c1-3-7(2)14-18(16,17)10-6-8(12)4-5-9(10)11(13)15/h4-7,14H,3H2,1-2H3,(H2,13,15). The van der Waals surface area contributed by atoms with Crippen LogP contribution in [0.2, 0.25) is 0 Å². The number of rotatable bonds is 5. The Hall–Kier alpha value is -1.47. The molecule has 1 rings (SSSR count). The van der Waals surface area contributed by atoms with E-state index in [-0.39, 0.29) is 11.6 Å². The molecule has 1 unspecified atom stereocenters. The first-order valence-electron chi connectivity index (χ1n) is 5.39. The van der Waals surface area contributed by atoms with E-state index in [9.17, 15) is 17.6 Å². The second kappa shape index (κ2) is 5.45. The number of primary amides is 1. The molecule has 0 saturated carbocycles. The molecule has 0 heterocycles. The van der Waals surface area contributed by atoms with E-state index in [1.807, 2.05) is 0 Å².